The summed E-state index contributed by atoms with van der Waals surface area (Å²) >= 11 is 0. The topological polar surface area (TPSA) is 280 Å². The van der Waals surface area contributed by atoms with Gasteiger partial charge in [0.25, 0.3) is 0 Å². The van der Waals surface area contributed by atoms with E-state index < -0.39 is 54.4 Å². The molecule has 1 fully saturated rings. The van der Waals surface area contributed by atoms with Crippen molar-refractivity contribution in [2.24, 2.45) is 0 Å². The quantitative estimate of drug-likeness (QED) is 0.187. The highest BCUT2D eigenvalue weighted by Crippen LogP contribution is 2.66. The van der Waals surface area contributed by atoms with Gasteiger partial charge in [0.1, 0.15) is 17.9 Å². The van der Waals surface area contributed by atoms with Gasteiger partial charge < -0.3 is 45.8 Å². The van der Waals surface area contributed by atoms with E-state index in [1.165, 1.54) is 12.5 Å². The van der Waals surface area contributed by atoms with Crippen LogP contribution in [0.4, 0.5) is 5.82 Å². The lowest BCUT2D eigenvalue weighted by atomic mass is 10.0. The second-order valence-electron chi connectivity index (χ2n) is 6.35. The van der Waals surface area contributed by atoms with Crippen LogP contribution >= 0.6 is 23.5 Å². The number of nitrogen functional groups attached to an aromatic ring is 1. The molecular weight excluding hydrogens is 487 g/mol. The Labute approximate surface area is 172 Å². The van der Waals surface area contributed by atoms with Crippen LogP contribution in [0.2, 0.25) is 0 Å². The summed E-state index contributed by atoms with van der Waals surface area (Å²) in [4.78, 5) is 46.4. The highest BCUT2D eigenvalue weighted by Gasteiger charge is 2.45. The Bertz CT molecular complexity index is 1110. The first-order valence-corrected chi connectivity index (χ1v) is 12.7. The molecule has 2 aromatic rings. The molecule has 20 heteroatoms. The molecule has 0 amide bonds. The number of nitrogens with zero attached hydrogens (tertiary/aromatic N) is 2. The molecule has 174 valence electrons. The zero-order valence-electron chi connectivity index (χ0n) is 15.1. The monoisotopic (exact) mass is 505 g/mol. The predicted octanol–water partition coefficient (Wildman–Crippen LogP) is -1.38. The summed E-state index contributed by atoms with van der Waals surface area (Å²) < 4.78 is 45.5. The molecule has 0 spiro atoms. The number of nitrogens with two attached hydrogens (primary N) is 1. The van der Waals surface area contributed by atoms with E-state index in [0.717, 1.165) is 0 Å². The van der Waals surface area contributed by atoms with Gasteiger partial charge in [-0.05, 0) is 0 Å². The lowest BCUT2D eigenvalue weighted by Crippen LogP contribution is -2.36. The van der Waals surface area contributed by atoms with Gasteiger partial charge in [-0.25, -0.2) is 23.7 Å². The van der Waals surface area contributed by atoms with Crippen molar-refractivity contribution < 1.29 is 56.6 Å². The van der Waals surface area contributed by atoms with Crippen molar-refractivity contribution in [3.63, 3.8) is 0 Å². The Kier molecular flexibility index (Phi) is 6.73. The molecule has 0 radical (unpaired) electrons. The number of fused-ring (bicyclic) bond motifs is 1. The standard InChI is InChI=1S/C11H18N5O12P3/c12-11-8-6(14-3-15-11)4(1-13-8)7-10(18)9(17)5(16-7)2-26-30(22,23)28-31(24,25)27-29(19,20)21/h1,3,5,7,9-10,13,16-18H,2H2,(H,22,23)(H,24,25)(H2,12,14,15)(H2,19,20,21)/t5-,7+,9-,10+/m1/s1. The minimum absolute atomic E-state index is 0.147. The van der Waals surface area contributed by atoms with Crippen molar-refractivity contribution in [2.45, 2.75) is 24.3 Å². The summed E-state index contributed by atoms with van der Waals surface area (Å²) in [5.41, 5.74) is 6.87. The molecule has 3 heterocycles. The Balaban J connectivity index is 1.69. The fourth-order valence-electron chi connectivity index (χ4n) is 2.98. The maximum atomic E-state index is 11.8. The third-order valence-electron chi connectivity index (χ3n) is 4.19. The number of rotatable bonds is 8. The van der Waals surface area contributed by atoms with Crippen LogP contribution in [-0.2, 0) is 26.8 Å². The summed E-state index contributed by atoms with van der Waals surface area (Å²) in [5, 5.41) is 23.3. The van der Waals surface area contributed by atoms with Crippen molar-refractivity contribution >= 4 is 40.3 Å². The number of aliphatic hydroxyl groups excluding tert-OH is 2. The molecule has 0 bridgehead atoms. The largest absolute Gasteiger partial charge is 0.490 e. The Morgan fingerprint density at radius 3 is 2.35 bits per heavy atom. The predicted molar refractivity (Wildman–Crippen MR) is 99.8 cm³/mol. The first-order chi connectivity index (χ1) is 14.2. The highest BCUT2D eigenvalue weighted by molar-refractivity contribution is 7.66. The third-order valence-corrected chi connectivity index (χ3v) is 7.99. The summed E-state index contributed by atoms with van der Waals surface area (Å²) in [5.74, 6) is 0.147. The number of aliphatic hydroxyl groups is 2. The summed E-state index contributed by atoms with van der Waals surface area (Å²) in [6, 6.07) is -2.10. The van der Waals surface area contributed by atoms with Crippen LogP contribution in [0.5, 0.6) is 0 Å². The van der Waals surface area contributed by atoms with Crippen LogP contribution in [-0.4, -0.2) is 69.6 Å². The number of nitrogens with one attached hydrogen (secondary N) is 2. The van der Waals surface area contributed by atoms with E-state index in [9.17, 15) is 28.8 Å². The molecule has 0 saturated carbocycles. The molecule has 0 aliphatic carbocycles. The molecular formula is C11H18N5O12P3. The Morgan fingerprint density at radius 1 is 1.03 bits per heavy atom. The van der Waals surface area contributed by atoms with Crippen molar-refractivity contribution in [2.75, 3.05) is 12.3 Å². The molecule has 31 heavy (non-hydrogen) atoms. The van der Waals surface area contributed by atoms with Gasteiger partial charge in [0, 0.05) is 11.8 Å². The summed E-state index contributed by atoms with van der Waals surface area (Å²) in [7, 11) is -16.6. The lowest BCUT2D eigenvalue weighted by molar-refractivity contribution is 0.0192. The number of hydrogen-bond acceptors (Lipinski definition) is 12. The number of phosphoric acid groups is 3. The van der Waals surface area contributed by atoms with E-state index in [1.54, 1.807) is 0 Å². The number of phosphoric ester groups is 1. The van der Waals surface area contributed by atoms with Gasteiger partial charge in [0.15, 0.2) is 5.82 Å². The lowest BCUT2D eigenvalue weighted by Gasteiger charge is -2.19. The van der Waals surface area contributed by atoms with Crippen LogP contribution in [0.15, 0.2) is 12.5 Å². The first kappa shape index (κ1) is 24.4. The SMILES string of the molecule is Nc1ncnc2c([C@@H]3N[C@H](COP(=O)(O)OP(=O)(O)OP(=O)(O)O)[C@@H](O)[C@H]3O)c[nH]c12. The van der Waals surface area contributed by atoms with E-state index in [4.69, 9.17) is 20.4 Å². The average Bonchev–Trinajstić information content (AvgIpc) is 3.13. The van der Waals surface area contributed by atoms with E-state index in [-0.39, 0.29) is 5.82 Å². The van der Waals surface area contributed by atoms with Crippen LogP contribution < -0.4 is 11.1 Å². The molecule has 3 rings (SSSR count). The average molecular weight is 505 g/mol. The van der Waals surface area contributed by atoms with Crippen molar-refractivity contribution in [1.82, 2.24) is 20.3 Å². The molecule has 0 aromatic carbocycles. The molecule has 1 aliphatic heterocycles. The minimum Gasteiger partial charge on any atom is -0.389 e. The first-order valence-electron chi connectivity index (χ1n) is 8.17. The molecule has 1 saturated heterocycles. The summed E-state index contributed by atoms with van der Waals surface area (Å²) in [6.07, 6.45) is -0.292. The number of hydrogen-bond donors (Lipinski definition) is 9. The second kappa shape index (κ2) is 8.57. The molecule has 2 unspecified atom stereocenters. The maximum absolute atomic E-state index is 11.8. The summed E-state index contributed by atoms with van der Waals surface area (Å²) in [6.45, 7) is -0.822. The maximum Gasteiger partial charge on any atom is 0.490 e. The molecule has 17 nitrogen and oxygen atoms in total. The van der Waals surface area contributed by atoms with Crippen LogP contribution in [0, 0.1) is 0 Å². The van der Waals surface area contributed by atoms with Gasteiger partial charge in [0.2, 0.25) is 0 Å². The highest BCUT2D eigenvalue weighted by atomic mass is 31.3. The zero-order chi connectivity index (χ0) is 23.2. The minimum atomic E-state index is -5.67. The number of anilines is 1. The zero-order valence-corrected chi connectivity index (χ0v) is 17.8. The van der Waals surface area contributed by atoms with Crippen LogP contribution in [0.25, 0.3) is 11.0 Å². The fourth-order valence-corrected chi connectivity index (χ4v) is 6.02. The third kappa shape index (κ3) is 5.74. The Hall–Kier alpha value is -1.29. The van der Waals surface area contributed by atoms with Gasteiger partial charge >= 0.3 is 23.5 Å². The molecule has 10 N–H and O–H groups in total. The van der Waals surface area contributed by atoms with Crippen molar-refractivity contribution in [3.05, 3.63) is 18.1 Å². The molecule has 1 aliphatic rings. The second-order valence-corrected chi connectivity index (χ2v) is 10.8. The Morgan fingerprint density at radius 2 is 1.71 bits per heavy atom. The van der Waals surface area contributed by atoms with E-state index in [2.05, 4.69) is 33.4 Å². The van der Waals surface area contributed by atoms with E-state index in [0.29, 0.717) is 16.6 Å². The van der Waals surface area contributed by atoms with E-state index >= 15 is 0 Å². The number of aromatic nitrogens is 3. The smallest absolute Gasteiger partial charge is 0.389 e. The normalized spacial score (nSPS) is 28.5. The van der Waals surface area contributed by atoms with Gasteiger partial charge in [-0.3, -0.25) is 4.52 Å². The van der Waals surface area contributed by atoms with Gasteiger partial charge in [-0.1, -0.05) is 0 Å². The fraction of sp³-hybridized carbons (Fsp3) is 0.455. The van der Waals surface area contributed by atoms with Crippen LogP contribution in [0.1, 0.15) is 11.6 Å². The van der Waals surface area contributed by atoms with Gasteiger partial charge in [-0.2, -0.15) is 8.62 Å². The number of aromatic amines is 1. The van der Waals surface area contributed by atoms with Crippen molar-refractivity contribution in [1.29, 1.82) is 0 Å². The molecule has 2 aromatic heterocycles. The van der Waals surface area contributed by atoms with Gasteiger partial charge in [0.05, 0.1) is 30.3 Å². The van der Waals surface area contributed by atoms with Gasteiger partial charge in [-0.15, -0.1) is 0 Å². The van der Waals surface area contributed by atoms with Crippen molar-refractivity contribution in [3.8, 4) is 0 Å². The number of H-pyrrole nitrogens is 1. The van der Waals surface area contributed by atoms with Crippen LogP contribution in [0.3, 0.4) is 0 Å². The van der Waals surface area contributed by atoms with E-state index in [1.807, 2.05) is 0 Å². The molecule has 6 atom stereocenters.